The molecule has 96 valence electrons. The Hall–Kier alpha value is -0.840. The number of hydrogen-bond donors (Lipinski definition) is 1. The molecule has 1 heterocycles. The van der Waals surface area contributed by atoms with Crippen molar-refractivity contribution < 1.29 is 5.11 Å². The molecule has 0 bridgehead atoms. The Labute approximate surface area is 120 Å². The number of rotatable bonds is 3. The van der Waals surface area contributed by atoms with Crippen molar-refractivity contribution in [2.45, 2.75) is 19.4 Å². The minimum atomic E-state index is -0.625. The third kappa shape index (κ3) is 2.94. The zero-order chi connectivity index (χ0) is 13.3. The molecule has 1 aromatic heterocycles. The minimum absolute atomic E-state index is 0.499. The first-order chi connectivity index (χ1) is 8.47. The smallest absolute Gasteiger partial charge is 0.0859 e. The minimum Gasteiger partial charge on any atom is -0.388 e. The van der Waals surface area contributed by atoms with Crippen LogP contribution in [-0.2, 0) is 13.5 Å². The summed E-state index contributed by atoms with van der Waals surface area (Å²) in [5, 5.41) is 15.1. The molecule has 18 heavy (non-hydrogen) atoms. The third-order valence-corrected chi connectivity index (χ3v) is 3.64. The van der Waals surface area contributed by atoms with Crippen LogP contribution in [0.5, 0.6) is 0 Å². The molecule has 0 fully saturated rings. The van der Waals surface area contributed by atoms with Crippen molar-refractivity contribution >= 4 is 27.5 Å². The fraction of sp³-hybridized carbons (Fsp3) is 0.308. The van der Waals surface area contributed by atoms with E-state index in [9.17, 15) is 5.11 Å². The van der Waals surface area contributed by atoms with E-state index in [0.29, 0.717) is 11.4 Å². The quantitative estimate of drug-likeness (QED) is 0.937. The Bertz CT molecular complexity index is 568. The van der Waals surface area contributed by atoms with E-state index in [0.717, 1.165) is 21.4 Å². The largest absolute Gasteiger partial charge is 0.388 e. The molecule has 0 aliphatic heterocycles. The highest BCUT2D eigenvalue weighted by Crippen LogP contribution is 2.28. The van der Waals surface area contributed by atoms with E-state index >= 15 is 0 Å². The number of aliphatic hydroxyl groups is 1. The van der Waals surface area contributed by atoms with Crippen LogP contribution in [0.15, 0.2) is 28.7 Å². The summed E-state index contributed by atoms with van der Waals surface area (Å²) in [5.41, 5.74) is 2.67. The van der Waals surface area contributed by atoms with Gasteiger partial charge in [-0.05, 0) is 30.7 Å². The van der Waals surface area contributed by atoms with E-state index in [-0.39, 0.29) is 0 Å². The Kier molecular flexibility index (Phi) is 4.10. The summed E-state index contributed by atoms with van der Waals surface area (Å²) in [6, 6.07) is 7.46. The van der Waals surface area contributed by atoms with Gasteiger partial charge < -0.3 is 5.11 Å². The summed E-state index contributed by atoms with van der Waals surface area (Å²) in [6.45, 7) is 1.93. The molecule has 0 spiro atoms. The van der Waals surface area contributed by atoms with E-state index in [2.05, 4.69) is 21.0 Å². The summed E-state index contributed by atoms with van der Waals surface area (Å²) < 4.78 is 2.69. The van der Waals surface area contributed by atoms with Crippen molar-refractivity contribution in [3.63, 3.8) is 0 Å². The lowest BCUT2D eigenvalue weighted by Gasteiger charge is -2.13. The van der Waals surface area contributed by atoms with Gasteiger partial charge in [-0.2, -0.15) is 5.10 Å². The lowest BCUT2D eigenvalue weighted by molar-refractivity contribution is 0.176. The number of hydrogen-bond acceptors (Lipinski definition) is 2. The molecular formula is C13H14BrClN2O. The zero-order valence-corrected chi connectivity index (χ0v) is 12.5. The molecule has 0 radical (unpaired) electrons. The maximum Gasteiger partial charge on any atom is 0.0859 e. The molecule has 0 aliphatic carbocycles. The first-order valence-electron chi connectivity index (χ1n) is 5.60. The Morgan fingerprint density at radius 1 is 1.44 bits per heavy atom. The molecule has 1 aromatic carbocycles. The molecule has 2 aromatic rings. The SMILES string of the molecule is Cc1cc(CC(O)c2ccc(Br)cc2Cl)n(C)n1. The van der Waals surface area contributed by atoms with Gasteiger partial charge in [0.2, 0.25) is 0 Å². The van der Waals surface area contributed by atoms with Gasteiger partial charge in [-0.25, -0.2) is 0 Å². The highest BCUT2D eigenvalue weighted by atomic mass is 79.9. The first kappa shape index (κ1) is 13.6. The molecule has 1 atom stereocenters. The van der Waals surface area contributed by atoms with Crippen LogP contribution in [0, 0.1) is 6.92 Å². The molecule has 0 aliphatic rings. The van der Waals surface area contributed by atoms with Crippen LogP contribution < -0.4 is 0 Å². The number of aryl methyl sites for hydroxylation is 2. The average Bonchev–Trinajstić information content (AvgIpc) is 2.57. The van der Waals surface area contributed by atoms with Gasteiger partial charge in [0, 0.05) is 28.7 Å². The molecule has 0 amide bonds. The van der Waals surface area contributed by atoms with Gasteiger partial charge in [-0.3, -0.25) is 4.68 Å². The standard InChI is InChI=1S/C13H14BrClN2O/c1-8-5-10(17(2)16-8)7-13(18)11-4-3-9(14)6-12(11)15/h3-6,13,18H,7H2,1-2H3. The van der Waals surface area contributed by atoms with Gasteiger partial charge in [-0.1, -0.05) is 33.6 Å². The van der Waals surface area contributed by atoms with Gasteiger partial charge in [0.15, 0.2) is 0 Å². The lowest BCUT2D eigenvalue weighted by atomic mass is 10.0. The maximum absolute atomic E-state index is 10.2. The number of halogens is 2. The summed E-state index contributed by atoms with van der Waals surface area (Å²) in [7, 11) is 1.87. The first-order valence-corrected chi connectivity index (χ1v) is 6.77. The van der Waals surface area contributed by atoms with Crippen molar-refractivity contribution in [2.24, 2.45) is 7.05 Å². The van der Waals surface area contributed by atoms with E-state index < -0.39 is 6.10 Å². The maximum atomic E-state index is 10.2. The van der Waals surface area contributed by atoms with Crippen LogP contribution in [0.1, 0.15) is 23.1 Å². The summed E-state index contributed by atoms with van der Waals surface area (Å²) in [6.07, 6.45) is -0.126. The molecule has 5 heteroatoms. The molecular weight excluding hydrogens is 316 g/mol. The van der Waals surface area contributed by atoms with Crippen LogP contribution >= 0.6 is 27.5 Å². The second kappa shape index (κ2) is 5.43. The van der Waals surface area contributed by atoms with Gasteiger partial charge >= 0.3 is 0 Å². The predicted molar refractivity (Wildman–Crippen MR) is 75.8 cm³/mol. The van der Waals surface area contributed by atoms with Gasteiger partial charge in [0.1, 0.15) is 0 Å². The fourth-order valence-corrected chi connectivity index (χ4v) is 2.73. The van der Waals surface area contributed by atoms with E-state index in [1.165, 1.54) is 0 Å². The Morgan fingerprint density at radius 2 is 2.17 bits per heavy atom. The highest BCUT2D eigenvalue weighted by molar-refractivity contribution is 9.10. The molecule has 3 nitrogen and oxygen atoms in total. The van der Waals surface area contributed by atoms with Crippen LogP contribution in [0.2, 0.25) is 5.02 Å². The normalized spacial score (nSPS) is 12.7. The Balaban J connectivity index is 2.21. The number of aliphatic hydroxyl groups excluding tert-OH is 1. The van der Waals surface area contributed by atoms with Crippen LogP contribution in [0.25, 0.3) is 0 Å². The van der Waals surface area contributed by atoms with E-state index in [4.69, 9.17) is 11.6 Å². The second-order valence-electron chi connectivity index (χ2n) is 4.29. The molecule has 1 N–H and O–H groups in total. The monoisotopic (exact) mass is 328 g/mol. The molecule has 2 rings (SSSR count). The van der Waals surface area contributed by atoms with Crippen molar-refractivity contribution in [1.82, 2.24) is 9.78 Å². The summed E-state index contributed by atoms with van der Waals surface area (Å²) in [4.78, 5) is 0. The number of nitrogens with zero attached hydrogens (tertiary/aromatic N) is 2. The van der Waals surface area contributed by atoms with Crippen molar-refractivity contribution in [1.29, 1.82) is 0 Å². The van der Waals surface area contributed by atoms with Gasteiger partial charge in [-0.15, -0.1) is 0 Å². The lowest BCUT2D eigenvalue weighted by Crippen LogP contribution is -2.07. The molecule has 0 saturated heterocycles. The highest BCUT2D eigenvalue weighted by Gasteiger charge is 2.15. The third-order valence-electron chi connectivity index (χ3n) is 2.82. The van der Waals surface area contributed by atoms with Crippen LogP contribution in [0.3, 0.4) is 0 Å². The number of aromatic nitrogens is 2. The fourth-order valence-electron chi connectivity index (χ4n) is 1.94. The molecule has 0 saturated carbocycles. The van der Waals surface area contributed by atoms with Crippen LogP contribution in [-0.4, -0.2) is 14.9 Å². The summed E-state index contributed by atoms with van der Waals surface area (Å²) in [5.74, 6) is 0. The van der Waals surface area contributed by atoms with E-state index in [1.807, 2.05) is 32.2 Å². The second-order valence-corrected chi connectivity index (χ2v) is 5.61. The zero-order valence-electron chi connectivity index (χ0n) is 10.2. The van der Waals surface area contributed by atoms with Crippen LogP contribution in [0.4, 0.5) is 0 Å². The molecule has 1 unspecified atom stereocenters. The number of benzene rings is 1. The summed E-state index contributed by atoms with van der Waals surface area (Å²) >= 11 is 9.47. The van der Waals surface area contributed by atoms with Gasteiger partial charge in [0.25, 0.3) is 0 Å². The van der Waals surface area contributed by atoms with E-state index in [1.54, 1.807) is 10.7 Å². The predicted octanol–water partition coefficient (Wildman–Crippen LogP) is 3.42. The van der Waals surface area contributed by atoms with Crippen molar-refractivity contribution in [3.05, 3.63) is 50.7 Å². The topological polar surface area (TPSA) is 38.0 Å². The van der Waals surface area contributed by atoms with Crippen molar-refractivity contribution in [3.8, 4) is 0 Å². The Morgan fingerprint density at radius 3 is 2.72 bits per heavy atom. The average molecular weight is 330 g/mol. The van der Waals surface area contributed by atoms with Crippen molar-refractivity contribution in [2.75, 3.05) is 0 Å². The van der Waals surface area contributed by atoms with Gasteiger partial charge in [0.05, 0.1) is 11.8 Å².